The molecule has 2 unspecified atom stereocenters. The summed E-state index contributed by atoms with van der Waals surface area (Å²) in [6.07, 6.45) is 10.4. The van der Waals surface area contributed by atoms with Crippen molar-refractivity contribution >= 4 is 17.7 Å². The van der Waals surface area contributed by atoms with Crippen LogP contribution in [0.25, 0.3) is 11.8 Å². The van der Waals surface area contributed by atoms with Gasteiger partial charge in [-0.05, 0) is 56.2 Å². The molecule has 5 rings (SSSR count). The Labute approximate surface area is 203 Å². The van der Waals surface area contributed by atoms with Crippen molar-refractivity contribution in [3.8, 4) is 11.8 Å². The van der Waals surface area contributed by atoms with E-state index >= 15 is 0 Å². The Balaban J connectivity index is 1.47. The second kappa shape index (κ2) is 8.94. The first-order valence-electron chi connectivity index (χ1n) is 11.8. The molecular weight excluding hydrogens is 450 g/mol. The van der Waals surface area contributed by atoms with Crippen molar-refractivity contribution in [1.82, 2.24) is 9.78 Å². The van der Waals surface area contributed by atoms with Gasteiger partial charge in [0.05, 0.1) is 37.2 Å². The number of halogens is 2. The lowest BCUT2D eigenvalue weighted by molar-refractivity contribution is -0.142. The van der Waals surface area contributed by atoms with Gasteiger partial charge in [0.15, 0.2) is 5.60 Å². The van der Waals surface area contributed by atoms with E-state index in [1.54, 1.807) is 44.3 Å². The zero-order chi connectivity index (χ0) is 24.6. The summed E-state index contributed by atoms with van der Waals surface area (Å²) in [5.41, 5.74) is 2.26. The number of alkyl halides is 1. The Morgan fingerprint density at radius 3 is 3.00 bits per heavy atom. The molecule has 7 heteroatoms. The average molecular weight is 477 g/mol. The van der Waals surface area contributed by atoms with Crippen LogP contribution in [-0.2, 0) is 27.1 Å². The number of esters is 1. The molecule has 2 heterocycles. The number of ether oxygens (including phenoxy) is 2. The molecule has 1 fully saturated rings. The molecule has 2 aromatic rings. The lowest BCUT2D eigenvalue weighted by Gasteiger charge is -2.28. The van der Waals surface area contributed by atoms with Crippen LogP contribution in [0.1, 0.15) is 49.1 Å². The molecule has 0 amide bonds. The highest BCUT2D eigenvalue weighted by Crippen LogP contribution is 2.41. The summed E-state index contributed by atoms with van der Waals surface area (Å²) in [5.74, 6) is 5.36. The maximum absolute atomic E-state index is 14.5. The van der Waals surface area contributed by atoms with Crippen molar-refractivity contribution in [2.75, 3.05) is 13.2 Å². The summed E-state index contributed by atoms with van der Waals surface area (Å²) in [7, 11) is 0. The van der Waals surface area contributed by atoms with Crippen molar-refractivity contribution in [2.24, 2.45) is 0 Å². The molecule has 0 radical (unpaired) electrons. The molecule has 35 heavy (non-hydrogen) atoms. The number of hydrogen-bond acceptors (Lipinski definition) is 4. The largest absolute Gasteiger partial charge is 0.466 e. The quantitative estimate of drug-likeness (QED) is 0.470. The smallest absolute Gasteiger partial charge is 0.310 e. The van der Waals surface area contributed by atoms with E-state index in [1.807, 2.05) is 10.8 Å². The highest BCUT2D eigenvalue weighted by molar-refractivity contribution is 5.74. The number of rotatable bonds is 4. The van der Waals surface area contributed by atoms with Gasteiger partial charge in [0.2, 0.25) is 0 Å². The fraction of sp³-hybridized carbons (Fsp3) is 0.357. The molecule has 1 aromatic carbocycles. The van der Waals surface area contributed by atoms with E-state index in [0.717, 1.165) is 28.9 Å². The zero-order valence-corrected chi connectivity index (χ0v) is 19.7. The third-order valence-corrected chi connectivity index (χ3v) is 6.58. The highest BCUT2D eigenvalue weighted by atomic mass is 19.1. The zero-order valence-electron chi connectivity index (χ0n) is 19.7. The molecular formula is C28H26F2N2O3. The predicted octanol–water partition coefficient (Wildman–Crippen LogP) is 4.81. The van der Waals surface area contributed by atoms with Crippen LogP contribution in [-0.4, -0.2) is 40.2 Å². The van der Waals surface area contributed by atoms with Crippen LogP contribution < -0.4 is 0 Å². The van der Waals surface area contributed by atoms with E-state index in [2.05, 4.69) is 23.0 Å². The van der Waals surface area contributed by atoms with Gasteiger partial charge in [0, 0.05) is 29.5 Å². The van der Waals surface area contributed by atoms with Crippen molar-refractivity contribution in [1.29, 1.82) is 0 Å². The van der Waals surface area contributed by atoms with Gasteiger partial charge in [-0.25, -0.2) is 13.5 Å². The first-order chi connectivity index (χ1) is 16.8. The molecule has 0 N–H and O–H groups in total. The van der Waals surface area contributed by atoms with Crippen molar-refractivity contribution in [3.63, 3.8) is 0 Å². The number of aromatic nitrogens is 2. The van der Waals surface area contributed by atoms with Crippen LogP contribution in [0, 0.1) is 17.7 Å². The fourth-order valence-corrected chi connectivity index (χ4v) is 4.70. The van der Waals surface area contributed by atoms with E-state index in [9.17, 15) is 13.6 Å². The Hall–Kier alpha value is -3.50. The van der Waals surface area contributed by atoms with Crippen molar-refractivity contribution in [2.45, 2.75) is 50.8 Å². The maximum Gasteiger partial charge on any atom is 0.310 e. The third kappa shape index (κ3) is 4.46. The minimum absolute atomic E-state index is 0.182. The average Bonchev–Trinajstić information content (AvgIpc) is 3.41. The van der Waals surface area contributed by atoms with Crippen LogP contribution in [0.5, 0.6) is 0 Å². The number of carbonyl (C=O) groups excluding carboxylic acids is 1. The molecule has 1 aromatic heterocycles. The summed E-state index contributed by atoms with van der Waals surface area (Å²) < 4.78 is 41.7. The molecule has 2 aliphatic carbocycles. The Kier molecular flexibility index (Phi) is 5.94. The van der Waals surface area contributed by atoms with Crippen LogP contribution >= 0.6 is 0 Å². The van der Waals surface area contributed by atoms with Gasteiger partial charge in [-0.15, -0.1) is 0 Å². The first kappa shape index (κ1) is 23.3. The number of nitrogens with zero attached hydrogens (tertiary/aromatic N) is 2. The minimum atomic E-state index is -1.34. The highest BCUT2D eigenvalue weighted by Gasteiger charge is 2.42. The van der Waals surface area contributed by atoms with E-state index < -0.39 is 23.1 Å². The van der Waals surface area contributed by atoms with Gasteiger partial charge in [-0.1, -0.05) is 24.0 Å². The van der Waals surface area contributed by atoms with Crippen LogP contribution in [0.4, 0.5) is 8.78 Å². The van der Waals surface area contributed by atoms with E-state index in [1.165, 1.54) is 6.07 Å². The fourth-order valence-electron chi connectivity index (χ4n) is 4.70. The number of benzene rings is 1. The molecule has 0 saturated carbocycles. The lowest BCUT2D eigenvalue weighted by atomic mass is 9.82. The van der Waals surface area contributed by atoms with Gasteiger partial charge < -0.3 is 9.47 Å². The van der Waals surface area contributed by atoms with Crippen molar-refractivity contribution in [3.05, 3.63) is 76.4 Å². The molecule has 1 saturated heterocycles. The van der Waals surface area contributed by atoms with Gasteiger partial charge in [-0.3, -0.25) is 4.79 Å². The summed E-state index contributed by atoms with van der Waals surface area (Å²) in [6, 6.07) is 4.60. The topological polar surface area (TPSA) is 53.3 Å². The Morgan fingerprint density at radius 1 is 1.37 bits per heavy atom. The van der Waals surface area contributed by atoms with Crippen LogP contribution in [0.2, 0.25) is 0 Å². The SMILES string of the molecule is CCOC(=O)Cc1c(F)cccc1C#CC12Cc3cnn(C4=CCC(C)(F)C=C4)c3C=C1CCO2. The summed E-state index contributed by atoms with van der Waals surface area (Å²) in [6.45, 7) is 4.02. The molecule has 0 bridgehead atoms. The summed E-state index contributed by atoms with van der Waals surface area (Å²) in [4.78, 5) is 12.0. The number of fused-ring (bicyclic) bond motifs is 2. The molecule has 3 aliphatic rings. The second-order valence-corrected chi connectivity index (χ2v) is 9.18. The number of carbonyl (C=O) groups is 1. The van der Waals surface area contributed by atoms with E-state index in [-0.39, 0.29) is 18.6 Å². The Bertz CT molecular complexity index is 1340. The second-order valence-electron chi connectivity index (χ2n) is 9.18. The third-order valence-electron chi connectivity index (χ3n) is 6.58. The molecule has 2 atom stereocenters. The lowest BCUT2D eigenvalue weighted by Crippen LogP contribution is -2.33. The Morgan fingerprint density at radius 2 is 2.23 bits per heavy atom. The normalized spacial score (nSPS) is 24.6. The van der Waals surface area contributed by atoms with Gasteiger partial charge >= 0.3 is 5.97 Å². The summed E-state index contributed by atoms with van der Waals surface area (Å²) >= 11 is 0. The monoisotopic (exact) mass is 476 g/mol. The minimum Gasteiger partial charge on any atom is -0.466 e. The maximum atomic E-state index is 14.5. The predicted molar refractivity (Wildman–Crippen MR) is 128 cm³/mol. The number of allylic oxidation sites excluding steroid dienone is 4. The first-order valence-corrected chi connectivity index (χ1v) is 11.8. The van der Waals surface area contributed by atoms with Gasteiger partial charge in [0.1, 0.15) is 11.5 Å². The standard InChI is InChI=1S/C28H26F2N2O3/c1-3-34-26(33)16-23-19(5-4-6-24(23)29)7-13-28-17-20-18-31-32(22-8-11-27(2,30)12-9-22)25(20)15-21(28)10-14-35-28/h4-6,8-9,11,15,18H,3,10,12,14,16-17H2,1-2H3. The number of hydrogen-bond donors (Lipinski definition) is 0. The van der Waals surface area contributed by atoms with Gasteiger partial charge in [-0.2, -0.15) is 5.10 Å². The molecule has 5 nitrogen and oxygen atoms in total. The molecule has 0 spiro atoms. The molecule has 180 valence electrons. The van der Waals surface area contributed by atoms with Crippen LogP contribution in [0.15, 0.2) is 48.2 Å². The van der Waals surface area contributed by atoms with E-state index in [4.69, 9.17) is 9.47 Å². The van der Waals surface area contributed by atoms with E-state index in [0.29, 0.717) is 25.0 Å². The summed E-state index contributed by atoms with van der Waals surface area (Å²) in [5, 5.41) is 4.55. The van der Waals surface area contributed by atoms with Crippen LogP contribution in [0.3, 0.4) is 0 Å². The van der Waals surface area contributed by atoms with Gasteiger partial charge in [0.25, 0.3) is 0 Å². The van der Waals surface area contributed by atoms with Crippen molar-refractivity contribution < 1.29 is 23.0 Å². The molecule has 1 aliphatic heterocycles.